The molecule has 1 saturated heterocycles. The normalized spacial score (nSPS) is 20.6. The second-order valence-corrected chi connectivity index (χ2v) is 10.5. The second kappa shape index (κ2) is 7.37. The lowest BCUT2D eigenvalue weighted by atomic mass is 10.1. The maximum absolute atomic E-state index is 12.9. The van der Waals surface area contributed by atoms with Crippen molar-refractivity contribution in [3.63, 3.8) is 0 Å². The highest BCUT2D eigenvalue weighted by Gasteiger charge is 2.40. The zero-order valence-corrected chi connectivity index (χ0v) is 17.0. The van der Waals surface area contributed by atoms with Crippen LogP contribution in [0.25, 0.3) is 0 Å². The Morgan fingerprint density at radius 1 is 1.30 bits per heavy atom. The molecule has 1 amide bonds. The monoisotopic (exact) mass is 408 g/mol. The minimum Gasteiger partial charge on any atom is -0.349 e. The molecule has 1 atom stereocenters. The topological polar surface area (TPSA) is 84.3 Å². The van der Waals surface area contributed by atoms with Crippen LogP contribution in [0.3, 0.4) is 0 Å². The van der Waals surface area contributed by atoms with Gasteiger partial charge in [-0.15, -0.1) is 11.3 Å². The molecule has 2 aromatic heterocycles. The Hall–Kier alpha value is -1.71. The molecule has 2 aliphatic heterocycles. The number of imidazole rings is 1. The third-order valence-corrected chi connectivity index (χ3v) is 8.66. The van der Waals surface area contributed by atoms with Crippen molar-refractivity contribution in [2.24, 2.45) is 0 Å². The predicted molar refractivity (Wildman–Crippen MR) is 103 cm³/mol. The van der Waals surface area contributed by atoms with Gasteiger partial charge in [-0.2, -0.15) is 4.31 Å². The number of sulfonamides is 1. The highest BCUT2D eigenvalue weighted by molar-refractivity contribution is 7.91. The van der Waals surface area contributed by atoms with E-state index in [1.807, 2.05) is 13.1 Å². The molecule has 146 valence electrons. The minimum absolute atomic E-state index is 0.226. The van der Waals surface area contributed by atoms with E-state index < -0.39 is 16.1 Å². The van der Waals surface area contributed by atoms with E-state index in [1.165, 1.54) is 15.6 Å². The summed E-state index contributed by atoms with van der Waals surface area (Å²) in [6.45, 7) is 3.58. The van der Waals surface area contributed by atoms with Crippen molar-refractivity contribution in [1.82, 2.24) is 19.2 Å². The molecule has 2 aromatic rings. The van der Waals surface area contributed by atoms with Crippen LogP contribution in [0.4, 0.5) is 0 Å². The van der Waals surface area contributed by atoms with E-state index in [4.69, 9.17) is 0 Å². The summed E-state index contributed by atoms with van der Waals surface area (Å²) in [6.07, 6.45) is 6.32. The highest BCUT2D eigenvalue weighted by atomic mass is 32.2. The van der Waals surface area contributed by atoms with Crippen LogP contribution in [0.15, 0.2) is 22.5 Å². The number of hydrogen-bond donors (Lipinski definition) is 1. The number of nitrogens with zero attached hydrogens (tertiary/aromatic N) is 3. The lowest BCUT2D eigenvalue weighted by molar-refractivity contribution is -0.124. The molecule has 0 saturated carbocycles. The number of carbonyl (C=O) groups is 1. The number of aryl methyl sites for hydroxylation is 2. The third-order valence-electron chi connectivity index (χ3n) is 5.28. The smallest absolute Gasteiger partial charge is 0.253 e. The molecule has 2 aliphatic rings. The largest absolute Gasteiger partial charge is 0.349 e. The molecule has 1 N–H and O–H groups in total. The average molecular weight is 409 g/mol. The highest BCUT2D eigenvalue weighted by Crippen LogP contribution is 2.30. The van der Waals surface area contributed by atoms with Gasteiger partial charge in [-0.1, -0.05) is 0 Å². The lowest BCUT2D eigenvalue weighted by Crippen LogP contribution is -2.45. The summed E-state index contributed by atoms with van der Waals surface area (Å²) in [4.78, 5) is 18.1. The van der Waals surface area contributed by atoms with Crippen LogP contribution in [-0.2, 0) is 34.3 Å². The zero-order valence-electron chi connectivity index (χ0n) is 15.3. The standard InChI is InChI=1S/C18H24N4O3S2/c1-13-7-8-17(26-13)27(24,25)22-10-4-5-15(22)18(23)20-12-14-11-19-16-6-2-3-9-21(14)16/h7-8,11,15H,2-6,9-10,12H2,1H3,(H,20,23). The Morgan fingerprint density at radius 2 is 2.15 bits per heavy atom. The number of carbonyl (C=O) groups excluding carboxylic acids is 1. The van der Waals surface area contributed by atoms with Crippen molar-refractivity contribution < 1.29 is 13.2 Å². The van der Waals surface area contributed by atoms with Gasteiger partial charge in [0.15, 0.2) is 0 Å². The first-order valence-electron chi connectivity index (χ1n) is 9.36. The quantitative estimate of drug-likeness (QED) is 0.821. The van der Waals surface area contributed by atoms with Crippen LogP contribution < -0.4 is 5.32 Å². The van der Waals surface area contributed by atoms with Crippen LogP contribution in [0.5, 0.6) is 0 Å². The van der Waals surface area contributed by atoms with Gasteiger partial charge in [-0.3, -0.25) is 4.79 Å². The molecule has 27 heavy (non-hydrogen) atoms. The number of amides is 1. The van der Waals surface area contributed by atoms with Gasteiger partial charge in [0.25, 0.3) is 10.0 Å². The van der Waals surface area contributed by atoms with E-state index in [1.54, 1.807) is 12.1 Å². The van der Waals surface area contributed by atoms with Crippen molar-refractivity contribution in [1.29, 1.82) is 0 Å². The first-order chi connectivity index (χ1) is 13.0. The van der Waals surface area contributed by atoms with Gasteiger partial charge in [0.1, 0.15) is 16.1 Å². The Kier molecular flexibility index (Phi) is 5.09. The Labute approximate surface area is 163 Å². The van der Waals surface area contributed by atoms with Gasteiger partial charge in [0.2, 0.25) is 5.91 Å². The van der Waals surface area contributed by atoms with E-state index in [9.17, 15) is 13.2 Å². The molecule has 0 aromatic carbocycles. The predicted octanol–water partition coefficient (Wildman–Crippen LogP) is 2.06. The molecule has 1 unspecified atom stereocenters. The van der Waals surface area contributed by atoms with Crippen LogP contribution in [0.2, 0.25) is 0 Å². The number of thiophene rings is 1. The first-order valence-corrected chi connectivity index (χ1v) is 11.6. The van der Waals surface area contributed by atoms with Crippen LogP contribution in [0.1, 0.15) is 42.1 Å². The first kappa shape index (κ1) is 18.6. The van der Waals surface area contributed by atoms with Crippen molar-refractivity contribution >= 4 is 27.3 Å². The number of aromatic nitrogens is 2. The molecule has 0 aliphatic carbocycles. The molecule has 7 nitrogen and oxygen atoms in total. The maximum atomic E-state index is 12.9. The lowest BCUT2D eigenvalue weighted by Gasteiger charge is -2.23. The zero-order chi connectivity index (χ0) is 19.0. The van der Waals surface area contributed by atoms with Gasteiger partial charge in [-0.25, -0.2) is 13.4 Å². The molecular formula is C18H24N4O3S2. The van der Waals surface area contributed by atoms with Crippen LogP contribution >= 0.6 is 11.3 Å². The van der Waals surface area contributed by atoms with E-state index in [2.05, 4.69) is 14.9 Å². The molecule has 0 radical (unpaired) electrons. The Bertz CT molecular complexity index is 948. The summed E-state index contributed by atoms with van der Waals surface area (Å²) in [6, 6.07) is 2.79. The van der Waals surface area contributed by atoms with Crippen LogP contribution in [-0.4, -0.2) is 40.8 Å². The molecule has 4 rings (SSSR count). The summed E-state index contributed by atoms with van der Waals surface area (Å²) in [7, 11) is -3.63. The SMILES string of the molecule is Cc1ccc(S(=O)(=O)N2CCCC2C(=O)NCc2cnc3n2CCCC3)s1. The molecule has 0 bridgehead atoms. The van der Waals surface area contributed by atoms with Gasteiger partial charge in [0, 0.05) is 24.4 Å². The average Bonchev–Trinajstić information content (AvgIpc) is 3.39. The molecule has 4 heterocycles. The molecular weight excluding hydrogens is 384 g/mol. The Morgan fingerprint density at radius 3 is 2.93 bits per heavy atom. The second-order valence-electron chi connectivity index (χ2n) is 7.13. The Balaban J connectivity index is 1.46. The number of fused-ring (bicyclic) bond motifs is 1. The van der Waals surface area contributed by atoms with E-state index in [0.29, 0.717) is 30.1 Å². The summed E-state index contributed by atoms with van der Waals surface area (Å²) in [5.74, 6) is 0.847. The van der Waals surface area contributed by atoms with Gasteiger partial charge in [0.05, 0.1) is 18.4 Å². The van der Waals surface area contributed by atoms with E-state index in [0.717, 1.165) is 42.2 Å². The fraction of sp³-hybridized carbons (Fsp3) is 0.556. The fourth-order valence-corrected chi connectivity index (χ4v) is 6.94. The van der Waals surface area contributed by atoms with Crippen molar-refractivity contribution in [2.75, 3.05) is 6.54 Å². The minimum atomic E-state index is -3.63. The van der Waals surface area contributed by atoms with E-state index in [-0.39, 0.29) is 5.91 Å². The number of rotatable bonds is 5. The summed E-state index contributed by atoms with van der Waals surface area (Å²) in [5.41, 5.74) is 0.985. The van der Waals surface area contributed by atoms with Crippen molar-refractivity contribution in [3.05, 3.63) is 34.7 Å². The van der Waals surface area contributed by atoms with Gasteiger partial charge < -0.3 is 9.88 Å². The molecule has 1 fully saturated rings. The van der Waals surface area contributed by atoms with Crippen LogP contribution in [0, 0.1) is 6.92 Å². The number of hydrogen-bond acceptors (Lipinski definition) is 5. The summed E-state index contributed by atoms with van der Waals surface area (Å²) in [5, 5.41) is 2.93. The summed E-state index contributed by atoms with van der Waals surface area (Å²) >= 11 is 1.25. The van der Waals surface area contributed by atoms with Crippen molar-refractivity contribution in [3.8, 4) is 0 Å². The van der Waals surface area contributed by atoms with Gasteiger partial charge >= 0.3 is 0 Å². The molecule has 0 spiro atoms. The molecule has 9 heteroatoms. The third kappa shape index (κ3) is 3.55. The van der Waals surface area contributed by atoms with E-state index >= 15 is 0 Å². The number of nitrogens with one attached hydrogen (secondary N) is 1. The van der Waals surface area contributed by atoms with Gasteiger partial charge in [-0.05, 0) is 44.7 Å². The maximum Gasteiger partial charge on any atom is 0.253 e. The summed E-state index contributed by atoms with van der Waals surface area (Å²) < 4.78 is 29.7. The fourth-order valence-electron chi connectivity index (χ4n) is 3.87. The van der Waals surface area contributed by atoms with Crippen molar-refractivity contribution in [2.45, 2.75) is 62.4 Å².